The molecule has 0 fully saturated rings. The number of anilines is 5. The van der Waals surface area contributed by atoms with Crippen LogP contribution in [-0.4, -0.2) is 27.0 Å². The fraction of sp³-hybridized carbons (Fsp3) is 0.100. The number of nitrogen functional groups attached to an aromatic ring is 1. The van der Waals surface area contributed by atoms with Gasteiger partial charge in [-0.05, 0) is 42.8 Å². The molecular formula is C20H17N7OS2. The molecule has 0 bridgehead atoms. The second-order valence-corrected chi connectivity index (χ2v) is 8.64. The van der Waals surface area contributed by atoms with E-state index in [0.717, 1.165) is 31.3 Å². The zero-order chi connectivity index (χ0) is 20.7. The lowest BCUT2D eigenvalue weighted by Crippen LogP contribution is -2.04. The lowest BCUT2D eigenvalue weighted by molar-refractivity contribution is 0.415. The number of ether oxygens (including phenoxy) is 1. The molecule has 0 radical (unpaired) electrons. The number of hydrogen-bond acceptors (Lipinski definition) is 10. The van der Waals surface area contributed by atoms with Crippen LogP contribution in [0.5, 0.6) is 5.75 Å². The van der Waals surface area contributed by atoms with Crippen LogP contribution in [0, 0.1) is 6.92 Å². The highest BCUT2D eigenvalue weighted by atomic mass is 32.1. The molecule has 0 unspecified atom stereocenters. The Morgan fingerprint density at radius 2 is 1.47 bits per heavy atom. The standard InChI is InChI=1S/C20H17N7OS2/c1-10-3-5-12-14(7-10)29-19(24-12)26-17-16(21)18(23-9-22-17)27-20-25-13-6-4-11(28-2)8-15(13)30-20/h3-9H,21H2,1-2H3,(H2,22,23,24,25,26,27). The van der Waals surface area contributed by atoms with Gasteiger partial charge in [0, 0.05) is 0 Å². The second-order valence-electron chi connectivity index (χ2n) is 6.58. The molecule has 0 aliphatic heterocycles. The van der Waals surface area contributed by atoms with Crippen molar-refractivity contribution in [3.63, 3.8) is 0 Å². The quantitative estimate of drug-likeness (QED) is 0.350. The largest absolute Gasteiger partial charge is 0.497 e. The van der Waals surface area contributed by atoms with Crippen molar-refractivity contribution in [2.45, 2.75) is 6.92 Å². The molecule has 2 aromatic carbocycles. The van der Waals surface area contributed by atoms with E-state index in [1.165, 1.54) is 23.2 Å². The van der Waals surface area contributed by atoms with Crippen molar-refractivity contribution < 1.29 is 4.74 Å². The van der Waals surface area contributed by atoms with Gasteiger partial charge in [-0.1, -0.05) is 28.7 Å². The highest BCUT2D eigenvalue weighted by molar-refractivity contribution is 7.22. The summed E-state index contributed by atoms with van der Waals surface area (Å²) < 4.78 is 7.39. The summed E-state index contributed by atoms with van der Waals surface area (Å²) in [5.74, 6) is 1.76. The minimum absolute atomic E-state index is 0.393. The smallest absolute Gasteiger partial charge is 0.189 e. The van der Waals surface area contributed by atoms with Gasteiger partial charge in [0.1, 0.15) is 17.8 Å². The van der Waals surface area contributed by atoms with Crippen molar-refractivity contribution in [1.29, 1.82) is 0 Å². The summed E-state index contributed by atoms with van der Waals surface area (Å²) in [6.07, 6.45) is 1.45. The number of nitrogens with two attached hydrogens (primary N) is 1. The molecule has 3 heterocycles. The number of hydrogen-bond donors (Lipinski definition) is 3. The Balaban J connectivity index is 1.42. The minimum atomic E-state index is 0.393. The van der Waals surface area contributed by atoms with E-state index in [1.54, 1.807) is 18.4 Å². The Bertz CT molecular complexity index is 1380. The van der Waals surface area contributed by atoms with Gasteiger partial charge in [0.15, 0.2) is 21.9 Å². The summed E-state index contributed by atoms with van der Waals surface area (Å²) in [4.78, 5) is 17.7. The second kappa shape index (κ2) is 7.39. The number of methoxy groups -OCH3 is 1. The molecule has 0 saturated carbocycles. The van der Waals surface area contributed by atoms with Crippen LogP contribution in [0.3, 0.4) is 0 Å². The van der Waals surface area contributed by atoms with Gasteiger partial charge in [0.05, 0.1) is 27.5 Å². The lowest BCUT2D eigenvalue weighted by Gasteiger charge is -2.09. The highest BCUT2D eigenvalue weighted by Gasteiger charge is 2.13. The van der Waals surface area contributed by atoms with Crippen LogP contribution in [0.25, 0.3) is 20.4 Å². The molecule has 0 atom stereocenters. The average Bonchev–Trinajstić information content (AvgIpc) is 3.32. The molecule has 150 valence electrons. The first-order valence-electron chi connectivity index (χ1n) is 9.05. The van der Waals surface area contributed by atoms with Crippen molar-refractivity contribution in [1.82, 2.24) is 19.9 Å². The average molecular weight is 436 g/mol. The molecule has 0 saturated heterocycles. The van der Waals surface area contributed by atoms with Crippen molar-refractivity contribution in [2.24, 2.45) is 0 Å². The van der Waals surface area contributed by atoms with Crippen molar-refractivity contribution in [3.8, 4) is 5.75 Å². The van der Waals surface area contributed by atoms with E-state index in [0.29, 0.717) is 22.5 Å². The van der Waals surface area contributed by atoms with Gasteiger partial charge < -0.3 is 21.1 Å². The van der Waals surface area contributed by atoms with Crippen LogP contribution < -0.4 is 21.1 Å². The van der Waals surface area contributed by atoms with Crippen molar-refractivity contribution in [3.05, 3.63) is 48.3 Å². The van der Waals surface area contributed by atoms with Gasteiger partial charge >= 0.3 is 0 Å². The van der Waals surface area contributed by atoms with Crippen LogP contribution in [0.1, 0.15) is 5.56 Å². The molecule has 8 nitrogen and oxygen atoms in total. The van der Waals surface area contributed by atoms with Gasteiger partial charge in [-0.3, -0.25) is 0 Å². The van der Waals surface area contributed by atoms with E-state index in [2.05, 4.69) is 43.6 Å². The minimum Gasteiger partial charge on any atom is -0.497 e. The number of nitrogens with one attached hydrogen (secondary N) is 2. The van der Waals surface area contributed by atoms with Crippen LogP contribution in [0.4, 0.5) is 27.6 Å². The van der Waals surface area contributed by atoms with Gasteiger partial charge in [-0.15, -0.1) is 0 Å². The number of thiazole rings is 2. The summed E-state index contributed by atoms with van der Waals surface area (Å²) in [6.45, 7) is 2.06. The van der Waals surface area contributed by atoms with Crippen LogP contribution in [-0.2, 0) is 0 Å². The molecule has 4 N–H and O–H groups in total. The summed E-state index contributed by atoms with van der Waals surface area (Å²) in [7, 11) is 1.64. The van der Waals surface area contributed by atoms with Crippen LogP contribution in [0.15, 0.2) is 42.7 Å². The Morgan fingerprint density at radius 1 is 0.867 bits per heavy atom. The molecule has 0 amide bonds. The zero-order valence-corrected chi connectivity index (χ0v) is 17.8. The van der Waals surface area contributed by atoms with Gasteiger partial charge in [-0.2, -0.15) is 0 Å². The number of nitrogens with zero attached hydrogens (tertiary/aromatic N) is 4. The maximum Gasteiger partial charge on any atom is 0.189 e. The Morgan fingerprint density at radius 3 is 2.10 bits per heavy atom. The third-order valence-electron chi connectivity index (χ3n) is 4.47. The molecule has 30 heavy (non-hydrogen) atoms. The van der Waals surface area contributed by atoms with Crippen LogP contribution in [0.2, 0.25) is 0 Å². The SMILES string of the molecule is COc1ccc2nc(Nc3ncnc(Nc4nc5ccc(C)cc5s4)c3N)sc2c1. The Labute approximate surface area is 179 Å². The normalized spacial score (nSPS) is 11.1. The van der Waals surface area contributed by atoms with E-state index in [4.69, 9.17) is 10.5 Å². The molecule has 0 aliphatic carbocycles. The van der Waals surface area contributed by atoms with E-state index in [1.807, 2.05) is 30.3 Å². The number of benzene rings is 2. The lowest BCUT2D eigenvalue weighted by atomic mass is 10.2. The molecule has 5 aromatic rings. The third-order valence-corrected chi connectivity index (χ3v) is 6.34. The Hall–Kier alpha value is -3.50. The van der Waals surface area contributed by atoms with Crippen molar-refractivity contribution in [2.75, 3.05) is 23.5 Å². The number of rotatable bonds is 5. The van der Waals surface area contributed by atoms with E-state index < -0.39 is 0 Å². The zero-order valence-electron chi connectivity index (χ0n) is 16.1. The third kappa shape index (κ3) is 3.46. The molecule has 0 aliphatic rings. The number of aryl methyl sites for hydroxylation is 1. The number of aromatic nitrogens is 4. The summed E-state index contributed by atoms with van der Waals surface area (Å²) >= 11 is 3.05. The van der Waals surface area contributed by atoms with Crippen LogP contribution >= 0.6 is 22.7 Å². The predicted octanol–water partition coefficient (Wildman–Crippen LogP) is 5.08. The monoisotopic (exact) mass is 435 g/mol. The maximum absolute atomic E-state index is 6.32. The first-order valence-corrected chi connectivity index (χ1v) is 10.7. The highest BCUT2D eigenvalue weighted by Crippen LogP contribution is 2.35. The molecule has 10 heteroatoms. The summed E-state index contributed by atoms with van der Waals surface area (Å²) in [6, 6.07) is 11.9. The fourth-order valence-corrected chi connectivity index (χ4v) is 4.82. The summed E-state index contributed by atoms with van der Waals surface area (Å²) in [5.41, 5.74) is 9.72. The van der Waals surface area contributed by atoms with E-state index in [9.17, 15) is 0 Å². The van der Waals surface area contributed by atoms with E-state index in [-0.39, 0.29) is 0 Å². The number of fused-ring (bicyclic) bond motifs is 2. The molecule has 3 aromatic heterocycles. The first-order chi connectivity index (χ1) is 14.6. The fourth-order valence-electron chi connectivity index (χ4n) is 2.97. The van der Waals surface area contributed by atoms with Gasteiger partial charge in [0.25, 0.3) is 0 Å². The van der Waals surface area contributed by atoms with Gasteiger partial charge in [0.2, 0.25) is 0 Å². The molecule has 5 rings (SSSR count). The molecule has 0 spiro atoms. The summed E-state index contributed by atoms with van der Waals surface area (Å²) in [5, 5.41) is 7.81. The first kappa shape index (κ1) is 18.5. The molecular weight excluding hydrogens is 418 g/mol. The van der Waals surface area contributed by atoms with Gasteiger partial charge in [-0.25, -0.2) is 19.9 Å². The maximum atomic E-state index is 6.32. The van der Waals surface area contributed by atoms with E-state index >= 15 is 0 Å². The Kier molecular flexibility index (Phi) is 4.57. The predicted molar refractivity (Wildman–Crippen MR) is 124 cm³/mol. The van der Waals surface area contributed by atoms with Crippen molar-refractivity contribution >= 4 is 70.7 Å². The topological polar surface area (TPSA) is 111 Å².